The largest absolute Gasteiger partial charge is 0.574 e. The van der Waals surface area contributed by atoms with Gasteiger partial charge < -0.3 is 14.6 Å². The van der Waals surface area contributed by atoms with Gasteiger partial charge >= 0.3 is 12.3 Å². The van der Waals surface area contributed by atoms with E-state index in [2.05, 4.69) is 14.5 Å². The number of hydrogen-bond acceptors (Lipinski definition) is 4. The lowest BCUT2D eigenvalue weighted by Gasteiger charge is -2.14. The normalized spacial score (nSPS) is 11.5. The minimum absolute atomic E-state index is 0.525. The van der Waals surface area contributed by atoms with Gasteiger partial charge in [0.05, 0.1) is 7.11 Å². The SMILES string of the molecule is COc1cc(C(F)F)nc(OC(F)(F)F)c1C(=O)O. The molecule has 0 aliphatic carbocycles. The third-order valence-electron chi connectivity index (χ3n) is 1.84. The van der Waals surface area contributed by atoms with Crippen molar-refractivity contribution in [2.45, 2.75) is 12.8 Å². The highest BCUT2D eigenvalue weighted by Crippen LogP contribution is 2.34. The van der Waals surface area contributed by atoms with Crippen LogP contribution in [0, 0.1) is 0 Å². The summed E-state index contributed by atoms with van der Waals surface area (Å²) in [6.07, 6.45) is -8.49. The molecule has 0 radical (unpaired) electrons. The van der Waals surface area contributed by atoms with Crippen LogP contribution in [0.3, 0.4) is 0 Å². The fraction of sp³-hybridized carbons (Fsp3) is 0.333. The van der Waals surface area contributed by atoms with Gasteiger partial charge in [0.25, 0.3) is 6.43 Å². The Labute approximate surface area is 102 Å². The molecule has 0 bridgehead atoms. The minimum Gasteiger partial charge on any atom is -0.496 e. The van der Waals surface area contributed by atoms with Gasteiger partial charge in [0.2, 0.25) is 5.88 Å². The van der Waals surface area contributed by atoms with Gasteiger partial charge in [-0.25, -0.2) is 18.6 Å². The van der Waals surface area contributed by atoms with Crippen molar-refractivity contribution in [2.75, 3.05) is 7.11 Å². The second kappa shape index (κ2) is 5.24. The lowest BCUT2D eigenvalue weighted by Crippen LogP contribution is -2.21. The van der Waals surface area contributed by atoms with E-state index in [1.807, 2.05) is 0 Å². The van der Waals surface area contributed by atoms with E-state index in [9.17, 15) is 26.7 Å². The third kappa shape index (κ3) is 3.66. The smallest absolute Gasteiger partial charge is 0.496 e. The number of carbonyl (C=O) groups is 1. The van der Waals surface area contributed by atoms with Crippen molar-refractivity contribution in [1.82, 2.24) is 4.98 Å². The molecule has 1 aromatic rings. The summed E-state index contributed by atoms with van der Waals surface area (Å²) >= 11 is 0. The fourth-order valence-corrected chi connectivity index (χ4v) is 1.17. The molecule has 0 aliphatic rings. The lowest BCUT2D eigenvalue weighted by molar-refractivity contribution is -0.276. The first-order chi connectivity index (χ1) is 8.65. The summed E-state index contributed by atoms with van der Waals surface area (Å²) in [5.41, 5.74) is -2.19. The van der Waals surface area contributed by atoms with E-state index >= 15 is 0 Å². The second-order valence-electron chi connectivity index (χ2n) is 3.08. The quantitative estimate of drug-likeness (QED) is 0.862. The van der Waals surface area contributed by atoms with Crippen molar-refractivity contribution >= 4 is 5.97 Å². The molecule has 19 heavy (non-hydrogen) atoms. The summed E-state index contributed by atoms with van der Waals surface area (Å²) in [5, 5.41) is 8.75. The first-order valence-electron chi connectivity index (χ1n) is 4.51. The molecule has 0 saturated carbocycles. The molecule has 0 spiro atoms. The zero-order chi connectivity index (χ0) is 14.8. The maximum atomic E-state index is 12.4. The summed E-state index contributed by atoms with van der Waals surface area (Å²) < 4.78 is 68.8. The number of carboxylic acids is 1. The molecular weight excluding hydrogens is 281 g/mol. The number of hydrogen-bond donors (Lipinski definition) is 1. The summed E-state index contributed by atoms with van der Waals surface area (Å²) in [4.78, 5) is 13.6. The van der Waals surface area contributed by atoms with Crippen LogP contribution in [-0.4, -0.2) is 29.5 Å². The predicted octanol–water partition coefficient (Wildman–Crippen LogP) is 2.62. The number of carboxylic acid groups (broad SMARTS) is 1. The Balaban J connectivity index is 3.45. The van der Waals surface area contributed by atoms with Crippen molar-refractivity contribution in [3.63, 3.8) is 0 Å². The topological polar surface area (TPSA) is 68.7 Å². The lowest BCUT2D eigenvalue weighted by atomic mass is 10.2. The molecule has 1 N–H and O–H groups in total. The van der Waals surface area contributed by atoms with Crippen molar-refractivity contribution in [1.29, 1.82) is 0 Å². The summed E-state index contributed by atoms with van der Waals surface area (Å²) in [6, 6.07) is 0.525. The average molecular weight is 287 g/mol. The Morgan fingerprint density at radius 2 is 2.00 bits per heavy atom. The minimum atomic E-state index is -5.27. The first kappa shape index (κ1) is 14.9. The van der Waals surface area contributed by atoms with Crippen LogP contribution in [0.5, 0.6) is 11.6 Å². The number of methoxy groups -OCH3 is 1. The highest BCUT2D eigenvalue weighted by molar-refractivity contribution is 5.93. The van der Waals surface area contributed by atoms with E-state index in [4.69, 9.17) is 5.11 Å². The second-order valence-corrected chi connectivity index (χ2v) is 3.08. The molecule has 1 aromatic heterocycles. The number of aromatic carboxylic acids is 1. The van der Waals surface area contributed by atoms with Crippen LogP contribution in [0.15, 0.2) is 6.07 Å². The highest BCUT2D eigenvalue weighted by atomic mass is 19.4. The molecule has 0 saturated heterocycles. The molecule has 1 heterocycles. The number of halogens is 5. The van der Waals surface area contributed by atoms with Crippen molar-refractivity contribution in [2.24, 2.45) is 0 Å². The van der Waals surface area contributed by atoms with Gasteiger partial charge in [0.1, 0.15) is 11.4 Å². The van der Waals surface area contributed by atoms with Gasteiger partial charge in [-0.1, -0.05) is 0 Å². The molecule has 0 amide bonds. The van der Waals surface area contributed by atoms with Crippen molar-refractivity contribution < 1.29 is 41.3 Å². The summed E-state index contributed by atoms with van der Waals surface area (Å²) in [7, 11) is 0.911. The number of aromatic nitrogens is 1. The fourth-order valence-electron chi connectivity index (χ4n) is 1.17. The van der Waals surface area contributed by atoms with Gasteiger partial charge in [-0.2, -0.15) is 0 Å². The first-order valence-corrected chi connectivity index (χ1v) is 4.51. The van der Waals surface area contributed by atoms with E-state index in [0.717, 1.165) is 7.11 Å². The van der Waals surface area contributed by atoms with Gasteiger partial charge in [0, 0.05) is 6.07 Å². The Bertz CT molecular complexity index is 488. The van der Waals surface area contributed by atoms with E-state index in [1.165, 1.54) is 0 Å². The molecule has 10 heteroatoms. The Hall–Kier alpha value is -2.13. The van der Waals surface area contributed by atoms with Crippen LogP contribution in [0.25, 0.3) is 0 Å². The zero-order valence-corrected chi connectivity index (χ0v) is 9.16. The average Bonchev–Trinajstić information content (AvgIpc) is 2.24. The zero-order valence-electron chi connectivity index (χ0n) is 9.16. The Morgan fingerprint density at radius 3 is 2.37 bits per heavy atom. The van der Waals surface area contributed by atoms with Crippen LogP contribution in [-0.2, 0) is 0 Å². The number of ether oxygens (including phenoxy) is 2. The van der Waals surface area contributed by atoms with Crippen molar-refractivity contribution in [3.05, 3.63) is 17.3 Å². The van der Waals surface area contributed by atoms with Gasteiger partial charge in [-0.15, -0.1) is 13.2 Å². The number of alkyl halides is 5. The molecule has 106 valence electrons. The Kier molecular flexibility index (Phi) is 4.12. The molecule has 1 rings (SSSR count). The van der Waals surface area contributed by atoms with Crippen molar-refractivity contribution in [3.8, 4) is 11.6 Å². The number of nitrogens with zero attached hydrogens (tertiary/aromatic N) is 1. The Morgan fingerprint density at radius 1 is 1.42 bits per heavy atom. The standard InChI is InChI=1S/C9H6F5NO4/c1-18-4-2-3(6(10)11)15-7(5(4)8(16)17)19-9(12,13)14/h2,6H,1H3,(H,16,17). The van der Waals surface area contributed by atoms with E-state index in [1.54, 1.807) is 0 Å². The van der Waals surface area contributed by atoms with Crippen LogP contribution in [0.4, 0.5) is 22.0 Å². The van der Waals surface area contributed by atoms with Crippen LogP contribution in [0.1, 0.15) is 22.5 Å². The van der Waals surface area contributed by atoms with Crippen LogP contribution in [0.2, 0.25) is 0 Å². The maximum Gasteiger partial charge on any atom is 0.574 e. The monoisotopic (exact) mass is 287 g/mol. The molecule has 0 fully saturated rings. The third-order valence-corrected chi connectivity index (χ3v) is 1.84. The van der Waals surface area contributed by atoms with E-state index in [0.29, 0.717) is 6.07 Å². The summed E-state index contributed by atoms with van der Waals surface area (Å²) in [6.45, 7) is 0. The van der Waals surface area contributed by atoms with E-state index < -0.39 is 41.6 Å². The van der Waals surface area contributed by atoms with Gasteiger partial charge in [0.15, 0.2) is 5.56 Å². The van der Waals surface area contributed by atoms with Gasteiger partial charge in [-0.05, 0) is 0 Å². The molecule has 0 aromatic carbocycles. The molecule has 0 atom stereocenters. The number of pyridine rings is 1. The van der Waals surface area contributed by atoms with E-state index in [-0.39, 0.29) is 0 Å². The van der Waals surface area contributed by atoms with Crippen LogP contribution < -0.4 is 9.47 Å². The highest BCUT2D eigenvalue weighted by Gasteiger charge is 2.36. The van der Waals surface area contributed by atoms with Gasteiger partial charge in [-0.3, -0.25) is 0 Å². The summed E-state index contributed by atoms with van der Waals surface area (Å²) in [5.74, 6) is -4.07. The molecule has 0 unspecified atom stereocenters. The number of rotatable bonds is 4. The molecule has 0 aliphatic heterocycles. The predicted molar refractivity (Wildman–Crippen MR) is 49.4 cm³/mol. The van der Waals surface area contributed by atoms with Crippen LogP contribution >= 0.6 is 0 Å². The maximum absolute atomic E-state index is 12.4. The molecule has 5 nitrogen and oxygen atoms in total. The molecular formula is C9H6F5NO4.